The molecule has 0 fully saturated rings. The van der Waals surface area contributed by atoms with E-state index < -0.39 is 0 Å². The molecule has 0 bridgehead atoms. The minimum Gasteiger partial charge on any atom is -0.309 e. The van der Waals surface area contributed by atoms with Gasteiger partial charge in [-0.3, -0.25) is 0 Å². The van der Waals surface area contributed by atoms with E-state index in [4.69, 9.17) is 0 Å². The zero-order valence-electron chi connectivity index (χ0n) is 29.4. The first-order chi connectivity index (χ1) is 26.8. The van der Waals surface area contributed by atoms with Gasteiger partial charge in [-0.25, -0.2) is 0 Å². The van der Waals surface area contributed by atoms with E-state index >= 15 is 0 Å². The summed E-state index contributed by atoms with van der Waals surface area (Å²) in [6.45, 7) is 0. The summed E-state index contributed by atoms with van der Waals surface area (Å²) in [7, 11) is 0. The number of rotatable bonds is 5. The second-order valence-electron chi connectivity index (χ2n) is 14.0. The second-order valence-corrected chi connectivity index (χ2v) is 15.1. The summed E-state index contributed by atoms with van der Waals surface area (Å²) < 4.78 is 2.62. The Labute approximate surface area is 317 Å². The molecule has 0 saturated heterocycles. The SMILES string of the molecule is c1ccc(-c2ccc(N(c3cccc4c(-c5cc6ccccc6c6ccccc56)cccc34)c3cccc4sc5c6ccccc6ccc5c34)cc2)cc1. The number of thiophene rings is 1. The fourth-order valence-electron chi connectivity index (χ4n) is 8.56. The van der Waals surface area contributed by atoms with Crippen LogP contribution in [0.3, 0.4) is 0 Å². The van der Waals surface area contributed by atoms with Crippen LogP contribution in [-0.4, -0.2) is 0 Å². The smallest absolute Gasteiger partial charge is 0.0555 e. The summed E-state index contributed by atoms with van der Waals surface area (Å²) in [5, 5.41) is 12.7. The Morgan fingerprint density at radius 3 is 1.80 bits per heavy atom. The fourth-order valence-corrected chi connectivity index (χ4v) is 9.82. The van der Waals surface area contributed by atoms with Crippen LogP contribution in [0.15, 0.2) is 200 Å². The van der Waals surface area contributed by atoms with Crippen molar-refractivity contribution in [2.24, 2.45) is 0 Å². The molecule has 10 aromatic carbocycles. The van der Waals surface area contributed by atoms with E-state index in [-0.39, 0.29) is 0 Å². The van der Waals surface area contributed by atoms with Crippen LogP contribution in [0.5, 0.6) is 0 Å². The van der Waals surface area contributed by atoms with E-state index in [0.29, 0.717) is 0 Å². The molecule has 252 valence electrons. The third kappa shape index (κ3) is 4.85. The highest BCUT2D eigenvalue weighted by molar-refractivity contribution is 7.26. The van der Waals surface area contributed by atoms with E-state index in [1.807, 2.05) is 11.3 Å². The molecule has 0 atom stereocenters. The second kappa shape index (κ2) is 12.4. The van der Waals surface area contributed by atoms with Crippen molar-refractivity contribution in [1.29, 1.82) is 0 Å². The molecule has 1 heterocycles. The summed E-state index contributed by atoms with van der Waals surface area (Å²) >= 11 is 1.89. The fraction of sp³-hybridized carbons (Fsp3) is 0. The molecule has 0 radical (unpaired) electrons. The maximum absolute atomic E-state index is 2.49. The number of benzene rings is 10. The number of fused-ring (bicyclic) bond motifs is 9. The standard InChI is InChI=1S/C52H33NS/c1-2-13-34(14-3-1)35-27-30-38(31-28-35)53(49-25-12-26-50-51(49)46-32-29-36-15-4-7-18-40(36)52(46)54-50)48-24-11-22-42-44(21-10-23-45(42)48)47-33-37-16-5-6-17-39(37)41-19-8-9-20-43(41)47/h1-33H. The Balaban J connectivity index is 1.18. The van der Waals surface area contributed by atoms with Crippen molar-refractivity contribution < 1.29 is 0 Å². The van der Waals surface area contributed by atoms with Gasteiger partial charge in [0.1, 0.15) is 0 Å². The van der Waals surface area contributed by atoms with Gasteiger partial charge in [0, 0.05) is 31.2 Å². The van der Waals surface area contributed by atoms with Crippen molar-refractivity contribution in [3.05, 3.63) is 200 Å². The van der Waals surface area contributed by atoms with E-state index in [0.717, 1.165) is 11.4 Å². The lowest BCUT2D eigenvalue weighted by molar-refractivity contribution is 1.32. The van der Waals surface area contributed by atoms with Crippen molar-refractivity contribution in [2.75, 3.05) is 4.90 Å². The van der Waals surface area contributed by atoms with Crippen molar-refractivity contribution in [3.8, 4) is 22.3 Å². The molecule has 0 saturated carbocycles. The average molecular weight is 704 g/mol. The van der Waals surface area contributed by atoms with Crippen molar-refractivity contribution in [3.63, 3.8) is 0 Å². The van der Waals surface area contributed by atoms with Gasteiger partial charge in [0.2, 0.25) is 0 Å². The van der Waals surface area contributed by atoms with Crippen LogP contribution in [0.25, 0.3) is 85.5 Å². The summed E-state index contributed by atoms with van der Waals surface area (Å²) in [6, 6.07) is 73.5. The first-order valence-corrected chi connectivity index (χ1v) is 19.3. The molecular weight excluding hydrogens is 671 g/mol. The molecule has 11 aromatic rings. The van der Waals surface area contributed by atoms with E-state index in [1.54, 1.807) is 0 Å². The normalized spacial score (nSPS) is 11.7. The zero-order chi connectivity index (χ0) is 35.6. The summed E-state index contributed by atoms with van der Waals surface area (Å²) in [5.74, 6) is 0. The zero-order valence-corrected chi connectivity index (χ0v) is 30.2. The molecule has 0 aliphatic heterocycles. The molecule has 0 aliphatic rings. The maximum Gasteiger partial charge on any atom is 0.0555 e. The third-order valence-electron chi connectivity index (χ3n) is 11.0. The Hall–Kier alpha value is -6.74. The van der Waals surface area contributed by atoms with Crippen molar-refractivity contribution in [2.45, 2.75) is 0 Å². The molecule has 0 unspecified atom stereocenters. The van der Waals surface area contributed by atoms with Crippen molar-refractivity contribution >= 4 is 91.7 Å². The lowest BCUT2D eigenvalue weighted by atomic mass is 9.90. The van der Waals surface area contributed by atoms with Gasteiger partial charge in [-0.2, -0.15) is 0 Å². The summed E-state index contributed by atoms with van der Waals surface area (Å²) in [5.41, 5.74) is 8.36. The van der Waals surface area contributed by atoms with E-state index in [9.17, 15) is 0 Å². The Morgan fingerprint density at radius 2 is 0.944 bits per heavy atom. The van der Waals surface area contributed by atoms with E-state index in [1.165, 1.54) is 91.2 Å². The first-order valence-electron chi connectivity index (χ1n) is 18.5. The summed E-state index contributed by atoms with van der Waals surface area (Å²) in [6.07, 6.45) is 0. The van der Waals surface area contributed by atoms with Gasteiger partial charge in [-0.05, 0) is 96.4 Å². The average Bonchev–Trinajstić information content (AvgIpc) is 3.64. The van der Waals surface area contributed by atoms with Gasteiger partial charge in [0.25, 0.3) is 0 Å². The van der Waals surface area contributed by atoms with Crippen LogP contribution in [0.4, 0.5) is 17.1 Å². The van der Waals surface area contributed by atoms with E-state index in [2.05, 4.69) is 205 Å². The maximum atomic E-state index is 2.49. The molecule has 0 aliphatic carbocycles. The Kier molecular flexibility index (Phi) is 7.11. The molecular formula is C52H33NS. The van der Waals surface area contributed by atoms with Gasteiger partial charge >= 0.3 is 0 Å². The predicted molar refractivity (Wildman–Crippen MR) is 235 cm³/mol. The number of hydrogen-bond acceptors (Lipinski definition) is 2. The molecule has 11 rings (SSSR count). The molecule has 0 spiro atoms. The topological polar surface area (TPSA) is 3.24 Å². The lowest BCUT2D eigenvalue weighted by Gasteiger charge is -2.28. The Bertz CT molecular complexity index is 3210. The highest BCUT2D eigenvalue weighted by Gasteiger charge is 2.22. The Morgan fingerprint density at radius 1 is 0.333 bits per heavy atom. The summed E-state index contributed by atoms with van der Waals surface area (Å²) in [4.78, 5) is 2.49. The van der Waals surface area contributed by atoms with Crippen LogP contribution in [-0.2, 0) is 0 Å². The highest BCUT2D eigenvalue weighted by atomic mass is 32.1. The van der Waals surface area contributed by atoms with Crippen LogP contribution >= 0.6 is 11.3 Å². The lowest BCUT2D eigenvalue weighted by Crippen LogP contribution is -2.11. The minimum absolute atomic E-state index is 1.12. The number of hydrogen-bond donors (Lipinski definition) is 0. The number of anilines is 3. The molecule has 0 amide bonds. The molecule has 54 heavy (non-hydrogen) atoms. The van der Waals surface area contributed by atoms with Gasteiger partial charge in [-0.15, -0.1) is 11.3 Å². The van der Waals surface area contributed by atoms with Crippen LogP contribution < -0.4 is 4.90 Å². The third-order valence-corrected chi connectivity index (χ3v) is 12.2. The minimum atomic E-state index is 1.12. The largest absolute Gasteiger partial charge is 0.309 e. The van der Waals surface area contributed by atoms with Crippen LogP contribution in [0.1, 0.15) is 0 Å². The predicted octanol–water partition coefficient (Wildman–Crippen LogP) is 15.5. The van der Waals surface area contributed by atoms with Crippen LogP contribution in [0.2, 0.25) is 0 Å². The van der Waals surface area contributed by atoms with Gasteiger partial charge < -0.3 is 4.90 Å². The quantitative estimate of drug-likeness (QED) is 0.161. The molecule has 2 heteroatoms. The highest BCUT2D eigenvalue weighted by Crippen LogP contribution is 2.49. The van der Waals surface area contributed by atoms with Gasteiger partial charge in [0.05, 0.1) is 11.4 Å². The van der Waals surface area contributed by atoms with Crippen molar-refractivity contribution in [1.82, 2.24) is 0 Å². The van der Waals surface area contributed by atoms with Gasteiger partial charge in [-0.1, -0.05) is 164 Å². The van der Waals surface area contributed by atoms with Gasteiger partial charge in [0.15, 0.2) is 0 Å². The number of nitrogens with zero attached hydrogens (tertiary/aromatic N) is 1. The monoisotopic (exact) mass is 703 g/mol. The molecule has 0 N–H and O–H groups in total. The van der Waals surface area contributed by atoms with Crippen LogP contribution in [0, 0.1) is 0 Å². The molecule has 1 nitrogen and oxygen atoms in total. The molecule has 1 aromatic heterocycles. The first kappa shape index (κ1) is 30.8.